The summed E-state index contributed by atoms with van der Waals surface area (Å²) >= 11 is 1.38. The number of carbonyl (C=O) groups is 1. The van der Waals surface area contributed by atoms with Gasteiger partial charge in [0, 0.05) is 17.8 Å². The van der Waals surface area contributed by atoms with Gasteiger partial charge < -0.3 is 10.0 Å². The number of nitrogens with zero attached hydrogens (tertiary/aromatic N) is 1. The van der Waals surface area contributed by atoms with Crippen LogP contribution in [-0.4, -0.2) is 24.2 Å². The molecule has 1 amide bonds. The monoisotopic (exact) mass is 299 g/mol. The average Bonchev–Trinajstić information content (AvgIpc) is 2.94. The SMILES string of the molecule is CCN(C(=O)c1sccc1C#CCO)c1cccc(C)c1. The quantitative estimate of drug-likeness (QED) is 0.885. The van der Waals surface area contributed by atoms with Gasteiger partial charge in [0.25, 0.3) is 5.91 Å². The van der Waals surface area contributed by atoms with Gasteiger partial charge in [-0.3, -0.25) is 4.79 Å². The first-order chi connectivity index (χ1) is 10.2. The maximum atomic E-state index is 12.7. The fraction of sp³-hybridized carbons (Fsp3) is 0.235. The Hall–Kier alpha value is -2.09. The second-order valence-electron chi connectivity index (χ2n) is 4.51. The van der Waals surface area contributed by atoms with Gasteiger partial charge in [-0.05, 0) is 43.0 Å². The summed E-state index contributed by atoms with van der Waals surface area (Å²) in [7, 11) is 0. The van der Waals surface area contributed by atoms with Crippen LogP contribution in [0.1, 0.15) is 27.7 Å². The molecule has 0 fully saturated rings. The Balaban J connectivity index is 2.35. The summed E-state index contributed by atoms with van der Waals surface area (Å²) in [6.07, 6.45) is 0. The number of benzene rings is 1. The topological polar surface area (TPSA) is 40.5 Å². The summed E-state index contributed by atoms with van der Waals surface area (Å²) in [4.78, 5) is 15.1. The van der Waals surface area contributed by atoms with Crippen molar-refractivity contribution in [2.24, 2.45) is 0 Å². The van der Waals surface area contributed by atoms with Crippen LogP contribution in [0.4, 0.5) is 5.69 Å². The van der Waals surface area contributed by atoms with Gasteiger partial charge in [0.05, 0.1) is 0 Å². The number of aliphatic hydroxyl groups excluding tert-OH is 1. The summed E-state index contributed by atoms with van der Waals surface area (Å²) in [5, 5.41) is 10.6. The predicted octanol–water partition coefficient (Wildman–Crippen LogP) is 3.07. The van der Waals surface area contributed by atoms with Crippen LogP contribution >= 0.6 is 11.3 Å². The zero-order valence-electron chi connectivity index (χ0n) is 12.1. The first-order valence-electron chi connectivity index (χ1n) is 6.73. The van der Waals surface area contributed by atoms with Crippen molar-refractivity contribution in [2.75, 3.05) is 18.1 Å². The molecular weight excluding hydrogens is 282 g/mol. The Morgan fingerprint density at radius 2 is 2.19 bits per heavy atom. The van der Waals surface area contributed by atoms with Crippen LogP contribution < -0.4 is 4.90 Å². The minimum atomic E-state index is -0.209. The molecule has 21 heavy (non-hydrogen) atoms. The van der Waals surface area contributed by atoms with E-state index >= 15 is 0 Å². The number of thiophene rings is 1. The predicted molar refractivity (Wildman–Crippen MR) is 86.8 cm³/mol. The fourth-order valence-corrected chi connectivity index (χ4v) is 2.87. The second kappa shape index (κ2) is 7.07. The van der Waals surface area contributed by atoms with Gasteiger partial charge in [-0.15, -0.1) is 11.3 Å². The second-order valence-corrected chi connectivity index (χ2v) is 5.43. The van der Waals surface area contributed by atoms with Crippen LogP contribution in [0.5, 0.6) is 0 Å². The van der Waals surface area contributed by atoms with Gasteiger partial charge in [0.2, 0.25) is 0 Å². The van der Waals surface area contributed by atoms with Crippen molar-refractivity contribution in [2.45, 2.75) is 13.8 Å². The Morgan fingerprint density at radius 1 is 1.38 bits per heavy atom. The zero-order valence-corrected chi connectivity index (χ0v) is 12.9. The third-order valence-corrected chi connectivity index (χ3v) is 3.94. The summed E-state index contributed by atoms with van der Waals surface area (Å²) in [5.74, 6) is 5.37. The summed E-state index contributed by atoms with van der Waals surface area (Å²) in [6, 6.07) is 9.69. The van der Waals surface area contributed by atoms with Crippen molar-refractivity contribution in [1.82, 2.24) is 0 Å². The van der Waals surface area contributed by atoms with Crippen LogP contribution in [-0.2, 0) is 0 Å². The molecule has 1 aromatic carbocycles. The molecular formula is C17H17NO2S. The van der Waals surface area contributed by atoms with Crippen molar-refractivity contribution in [3.63, 3.8) is 0 Å². The molecule has 1 N–H and O–H groups in total. The molecule has 0 bridgehead atoms. The van der Waals surface area contributed by atoms with Crippen molar-refractivity contribution >= 4 is 22.9 Å². The fourth-order valence-electron chi connectivity index (χ4n) is 2.07. The van der Waals surface area contributed by atoms with E-state index in [0.29, 0.717) is 17.0 Å². The lowest BCUT2D eigenvalue weighted by molar-refractivity contribution is 0.0992. The first kappa shape index (κ1) is 15.3. The van der Waals surface area contributed by atoms with Crippen LogP contribution in [0, 0.1) is 18.8 Å². The molecule has 0 saturated heterocycles. The van der Waals surface area contributed by atoms with Crippen molar-refractivity contribution in [3.8, 4) is 11.8 Å². The number of aliphatic hydroxyl groups is 1. The first-order valence-corrected chi connectivity index (χ1v) is 7.61. The lowest BCUT2D eigenvalue weighted by atomic mass is 10.2. The Labute approximate surface area is 128 Å². The van der Waals surface area contributed by atoms with Crippen molar-refractivity contribution in [3.05, 3.63) is 51.7 Å². The standard InChI is InChI=1S/C17H17NO2S/c1-3-18(15-8-4-6-13(2)12-15)17(20)16-14(7-5-10-19)9-11-21-16/h4,6,8-9,11-12,19H,3,10H2,1-2H3. The van der Waals surface area contributed by atoms with Gasteiger partial charge in [0.1, 0.15) is 11.5 Å². The largest absolute Gasteiger partial charge is 0.384 e. The van der Waals surface area contributed by atoms with E-state index in [2.05, 4.69) is 11.8 Å². The summed E-state index contributed by atoms with van der Waals surface area (Å²) < 4.78 is 0. The van der Waals surface area contributed by atoms with Crippen molar-refractivity contribution in [1.29, 1.82) is 0 Å². The molecule has 0 radical (unpaired) electrons. The Morgan fingerprint density at radius 3 is 2.86 bits per heavy atom. The minimum absolute atomic E-state index is 0.0552. The molecule has 108 valence electrons. The molecule has 0 unspecified atom stereocenters. The highest BCUT2D eigenvalue weighted by Crippen LogP contribution is 2.23. The Kier molecular flexibility index (Phi) is 5.15. The van der Waals surface area contributed by atoms with Gasteiger partial charge in [-0.25, -0.2) is 0 Å². The number of carbonyl (C=O) groups excluding carboxylic acids is 1. The van der Waals surface area contributed by atoms with E-state index in [-0.39, 0.29) is 12.5 Å². The molecule has 0 saturated carbocycles. The number of aryl methyl sites for hydroxylation is 1. The maximum absolute atomic E-state index is 12.7. The van der Waals surface area contributed by atoms with E-state index in [1.54, 1.807) is 4.90 Å². The molecule has 0 aliphatic rings. The van der Waals surface area contributed by atoms with Gasteiger partial charge in [-0.1, -0.05) is 24.0 Å². The molecule has 2 aromatic rings. The molecule has 4 heteroatoms. The molecule has 0 spiro atoms. The molecule has 0 aliphatic carbocycles. The van der Waals surface area contributed by atoms with E-state index in [4.69, 9.17) is 5.11 Å². The Bertz CT molecular complexity index is 694. The van der Waals surface area contributed by atoms with Crippen LogP contribution in [0.15, 0.2) is 35.7 Å². The normalized spacial score (nSPS) is 9.86. The number of hydrogen-bond donors (Lipinski definition) is 1. The highest BCUT2D eigenvalue weighted by atomic mass is 32.1. The third-order valence-electron chi connectivity index (χ3n) is 3.04. The van der Waals surface area contributed by atoms with E-state index in [1.165, 1.54) is 11.3 Å². The number of rotatable bonds is 3. The van der Waals surface area contributed by atoms with E-state index in [0.717, 1.165) is 11.3 Å². The zero-order chi connectivity index (χ0) is 15.2. The van der Waals surface area contributed by atoms with Crippen LogP contribution in [0.3, 0.4) is 0 Å². The van der Waals surface area contributed by atoms with Crippen molar-refractivity contribution < 1.29 is 9.90 Å². The highest BCUT2D eigenvalue weighted by Gasteiger charge is 2.20. The maximum Gasteiger partial charge on any atom is 0.269 e. The molecule has 0 aliphatic heterocycles. The molecule has 3 nitrogen and oxygen atoms in total. The summed E-state index contributed by atoms with van der Waals surface area (Å²) in [6.45, 7) is 4.34. The highest BCUT2D eigenvalue weighted by molar-refractivity contribution is 7.12. The van der Waals surface area contributed by atoms with E-state index in [1.807, 2.05) is 49.6 Å². The molecule has 0 atom stereocenters. The van der Waals surface area contributed by atoms with Crippen LogP contribution in [0.25, 0.3) is 0 Å². The molecule has 1 heterocycles. The molecule has 2 rings (SSSR count). The van der Waals surface area contributed by atoms with Crippen LogP contribution in [0.2, 0.25) is 0 Å². The lowest BCUT2D eigenvalue weighted by Crippen LogP contribution is -2.30. The lowest BCUT2D eigenvalue weighted by Gasteiger charge is -2.21. The smallest absolute Gasteiger partial charge is 0.269 e. The minimum Gasteiger partial charge on any atom is -0.384 e. The third kappa shape index (κ3) is 3.52. The number of anilines is 1. The number of amides is 1. The average molecular weight is 299 g/mol. The van der Waals surface area contributed by atoms with Gasteiger partial charge in [0.15, 0.2) is 0 Å². The van der Waals surface area contributed by atoms with Gasteiger partial charge >= 0.3 is 0 Å². The van der Waals surface area contributed by atoms with Gasteiger partial charge in [-0.2, -0.15) is 0 Å². The van der Waals surface area contributed by atoms with E-state index < -0.39 is 0 Å². The van der Waals surface area contributed by atoms with E-state index in [9.17, 15) is 4.79 Å². The summed E-state index contributed by atoms with van der Waals surface area (Å²) in [5.41, 5.74) is 2.67. The number of hydrogen-bond acceptors (Lipinski definition) is 3. The molecule has 1 aromatic heterocycles.